The molecule has 0 N–H and O–H groups in total. The molecule has 4 aromatic rings. The second-order valence-electron chi connectivity index (χ2n) is 12.0. The molecule has 4 rings (SSSR count). The summed E-state index contributed by atoms with van der Waals surface area (Å²) in [7, 11) is 0. The Labute approximate surface area is 325 Å². The standard InChI is InChI=1S/C43H42ClNO8S/c1-4-41(47)52-24-8-6-22-50-36-17-12-32(13-18-36)39(46)28-34-11-16-35(26-30(34)3)45-29-31-10-21-40(38(44)27-31)54-43(49)33-14-19-37(20-15-33)51-23-7-9-25-53-42(48)5-2/h4-5,10-21,26-27,29H,1-2,6-9,22-25,28H2,3H3. The lowest BCUT2D eigenvalue weighted by molar-refractivity contribution is -0.138. The van der Waals surface area contributed by atoms with Gasteiger partial charge in [-0.1, -0.05) is 36.9 Å². The van der Waals surface area contributed by atoms with Gasteiger partial charge >= 0.3 is 11.9 Å². The molecule has 0 heterocycles. The molecular weight excluding hydrogens is 726 g/mol. The Bertz CT molecular complexity index is 1820. The van der Waals surface area contributed by atoms with Gasteiger partial charge in [-0.05, 0) is 134 Å². The van der Waals surface area contributed by atoms with E-state index in [0.29, 0.717) is 78.2 Å². The number of nitrogens with zero attached hydrogens (tertiary/aromatic N) is 1. The topological polar surface area (TPSA) is 118 Å². The van der Waals surface area contributed by atoms with Gasteiger partial charge in [0.25, 0.3) is 0 Å². The summed E-state index contributed by atoms with van der Waals surface area (Å²) in [5.74, 6) is 0.432. The zero-order valence-corrected chi connectivity index (χ0v) is 31.7. The number of aryl methyl sites for hydroxylation is 1. The lowest BCUT2D eigenvalue weighted by Crippen LogP contribution is -2.06. The highest BCUT2D eigenvalue weighted by molar-refractivity contribution is 8.14. The van der Waals surface area contributed by atoms with Crippen LogP contribution >= 0.6 is 23.4 Å². The Morgan fingerprint density at radius 3 is 1.80 bits per heavy atom. The second-order valence-corrected chi connectivity index (χ2v) is 13.4. The molecule has 0 fully saturated rings. The summed E-state index contributed by atoms with van der Waals surface area (Å²) < 4.78 is 21.3. The highest BCUT2D eigenvalue weighted by atomic mass is 35.5. The molecule has 0 spiro atoms. The molecule has 280 valence electrons. The van der Waals surface area contributed by atoms with Crippen LogP contribution in [0.15, 0.2) is 120 Å². The highest BCUT2D eigenvalue weighted by Crippen LogP contribution is 2.31. The average molecular weight is 768 g/mol. The van der Waals surface area contributed by atoms with Crippen molar-refractivity contribution >= 4 is 58.1 Å². The molecule has 9 nitrogen and oxygen atoms in total. The van der Waals surface area contributed by atoms with Gasteiger partial charge in [-0.25, -0.2) is 9.59 Å². The quantitative estimate of drug-likeness (QED) is 0.0204. The summed E-state index contributed by atoms with van der Waals surface area (Å²) in [6.45, 7) is 10.2. The van der Waals surface area contributed by atoms with Crippen LogP contribution < -0.4 is 9.47 Å². The molecule has 0 aliphatic carbocycles. The van der Waals surface area contributed by atoms with E-state index in [1.807, 2.05) is 31.2 Å². The van der Waals surface area contributed by atoms with Gasteiger partial charge < -0.3 is 18.9 Å². The van der Waals surface area contributed by atoms with Crippen LogP contribution in [0.2, 0.25) is 5.02 Å². The zero-order chi connectivity index (χ0) is 38.7. The van der Waals surface area contributed by atoms with E-state index in [4.69, 9.17) is 30.5 Å². The van der Waals surface area contributed by atoms with Crippen LogP contribution in [0.4, 0.5) is 5.69 Å². The predicted molar refractivity (Wildman–Crippen MR) is 213 cm³/mol. The third kappa shape index (κ3) is 13.8. The van der Waals surface area contributed by atoms with Gasteiger partial charge in [0, 0.05) is 40.8 Å². The van der Waals surface area contributed by atoms with Crippen LogP contribution in [-0.2, 0) is 25.5 Å². The lowest BCUT2D eigenvalue weighted by Gasteiger charge is -2.09. The summed E-state index contributed by atoms with van der Waals surface area (Å²) in [6.07, 6.45) is 7.02. The van der Waals surface area contributed by atoms with Crippen molar-refractivity contribution in [1.82, 2.24) is 0 Å². The molecule has 0 bridgehead atoms. The molecular formula is C43H42ClNO8S. The van der Waals surface area contributed by atoms with Crippen molar-refractivity contribution in [3.8, 4) is 11.5 Å². The molecule has 11 heteroatoms. The first-order valence-electron chi connectivity index (χ1n) is 17.4. The number of hydrogen-bond acceptors (Lipinski definition) is 10. The fourth-order valence-corrected chi connectivity index (χ4v) is 5.95. The summed E-state index contributed by atoms with van der Waals surface area (Å²) >= 11 is 7.59. The highest BCUT2D eigenvalue weighted by Gasteiger charge is 2.13. The monoisotopic (exact) mass is 767 g/mol. The average Bonchev–Trinajstić information content (AvgIpc) is 3.18. The van der Waals surface area contributed by atoms with Crippen LogP contribution in [0, 0.1) is 6.92 Å². The van der Waals surface area contributed by atoms with Gasteiger partial charge in [0.15, 0.2) is 5.78 Å². The number of carbonyl (C=O) groups is 4. The Kier molecular flexibility index (Phi) is 16.8. The van der Waals surface area contributed by atoms with Gasteiger partial charge in [-0.3, -0.25) is 14.6 Å². The Morgan fingerprint density at radius 1 is 0.704 bits per heavy atom. The van der Waals surface area contributed by atoms with E-state index in [1.165, 1.54) is 0 Å². The molecule has 0 aliphatic heterocycles. The van der Waals surface area contributed by atoms with E-state index >= 15 is 0 Å². The maximum absolute atomic E-state index is 13.0. The SMILES string of the molecule is C=CC(=O)OCCCCOc1ccc(C(=O)Cc2ccc(N=Cc3ccc(SC(=O)c4ccc(OCCCCOC(=O)C=C)cc4)c(Cl)c3)cc2C)cc1. The van der Waals surface area contributed by atoms with E-state index in [1.54, 1.807) is 66.9 Å². The molecule has 0 aliphatic rings. The van der Waals surface area contributed by atoms with Gasteiger partial charge in [0.05, 0.1) is 37.1 Å². The second kappa shape index (κ2) is 21.9. The van der Waals surface area contributed by atoms with E-state index in [9.17, 15) is 19.2 Å². The largest absolute Gasteiger partial charge is 0.494 e. The van der Waals surface area contributed by atoms with Crippen LogP contribution in [0.1, 0.15) is 63.1 Å². The van der Waals surface area contributed by atoms with Crippen LogP contribution in [-0.4, -0.2) is 55.5 Å². The number of carbonyl (C=O) groups excluding carboxylic acids is 4. The van der Waals surface area contributed by atoms with Gasteiger partial charge in [-0.2, -0.15) is 0 Å². The maximum Gasteiger partial charge on any atom is 0.330 e. The molecule has 54 heavy (non-hydrogen) atoms. The Balaban J connectivity index is 1.22. The van der Waals surface area contributed by atoms with Crippen molar-refractivity contribution in [2.75, 3.05) is 26.4 Å². The van der Waals surface area contributed by atoms with Crippen LogP contribution in [0.5, 0.6) is 11.5 Å². The number of esters is 2. The number of aliphatic imine (C=N–C) groups is 1. The predicted octanol–water partition coefficient (Wildman–Crippen LogP) is 9.53. The molecule has 0 saturated heterocycles. The normalized spacial score (nSPS) is 10.8. The fraction of sp³-hybridized carbons (Fsp3) is 0.233. The minimum absolute atomic E-state index is 0.00369. The Hall–Kier alpha value is -5.45. The summed E-state index contributed by atoms with van der Waals surface area (Å²) in [4.78, 5) is 53.3. The first-order valence-corrected chi connectivity index (χ1v) is 18.6. The minimum atomic E-state index is -0.440. The third-order valence-corrected chi connectivity index (χ3v) is 9.32. The number of Topliss-reactive ketones (excluding diaryl/α,β-unsaturated/α-hetero) is 1. The van der Waals surface area contributed by atoms with E-state index < -0.39 is 11.9 Å². The van der Waals surface area contributed by atoms with Crippen molar-refractivity contribution in [3.05, 3.63) is 143 Å². The zero-order valence-electron chi connectivity index (χ0n) is 30.1. The summed E-state index contributed by atoms with van der Waals surface area (Å²) in [5.41, 5.74) is 4.48. The van der Waals surface area contributed by atoms with E-state index in [-0.39, 0.29) is 17.3 Å². The lowest BCUT2D eigenvalue weighted by atomic mass is 9.99. The van der Waals surface area contributed by atoms with Crippen molar-refractivity contribution in [1.29, 1.82) is 0 Å². The molecule has 0 aromatic heterocycles. The van der Waals surface area contributed by atoms with Crippen LogP contribution in [0.3, 0.4) is 0 Å². The van der Waals surface area contributed by atoms with Crippen molar-refractivity contribution in [2.24, 2.45) is 4.99 Å². The molecule has 4 aromatic carbocycles. The van der Waals surface area contributed by atoms with Gasteiger partial charge in [-0.15, -0.1) is 0 Å². The molecule has 0 saturated carbocycles. The third-order valence-electron chi connectivity index (χ3n) is 7.90. The number of hydrogen-bond donors (Lipinski definition) is 0. The van der Waals surface area contributed by atoms with Crippen LogP contribution in [0.25, 0.3) is 0 Å². The minimum Gasteiger partial charge on any atom is -0.494 e. The first kappa shape index (κ1) is 41.3. The number of ketones is 1. The summed E-state index contributed by atoms with van der Waals surface area (Å²) in [5, 5.41) is 0.285. The molecule has 0 unspecified atom stereocenters. The van der Waals surface area contributed by atoms with Crippen molar-refractivity contribution < 1.29 is 38.1 Å². The summed E-state index contributed by atoms with van der Waals surface area (Å²) in [6, 6.07) is 25.1. The van der Waals surface area contributed by atoms with Gasteiger partial charge in [0.1, 0.15) is 11.5 Å². The Morgan fingerprint density at radius 2 is 1.26 bits per heavy atom. The molecule has 0 radical (unpaired) electrons. The number of ether oxygens (including phenoxy) is 4. The number of benzene rings is 4. The maximum atomic E-state index is 13.0. The number of halogens is 1. The van der Waals surface area contributed by atoms with E-state index in [2.05, 4.69) is 18.2 Å². The fourth-order valence-electron chi connectivity index (χ4n) is 4.90. The number of rotatable bonds is 21. The number of unbranched alkanes of at least 4 members (excludes halogenated alkanes) is 2. The van der Waals surface area contributed by atoms with E-state index in [0.717, 1.165) is 52.7 Å². The molecule has 0 amide bonds. The van der Waals surface area contributed by atoms with Crippen molar-refractivity contribution in [2.45, 2.75) is 43.9 Å². The first-order chi connectivity index (χ1) is 26.1. The number of thioether (sulfide) groups is 1. The molecule has 0 atom stereocenters. The van der Waals surface area contributed by atoms with Crippen molar-refractivity contribution in [3.63, 3.8) is 0 Å². The van der Waals surface area contributed by atoms with Gasteiger partial charge in [0.2, 0.25) is 5.12 Å². The smallest absolute Gasteiger partial charge is 0.330 e.